The molecule has 0 amide bonds. The predicted molar refractivity (Wildman–Crippen MR) is 55.1 cm³/mol. The van der Waals surface area contributed by atoms with E-state index in [1.165, 1.54) is 0 Å². The van der Waals surface area contributed by atoms with E-state index < -0.39 is 28.2 Å². The van der Waals surface area contributed by atoms with Gasteiger partial charge < -0.3 is 5.73 Å². The van der Waals surface area contributed by atoms with Crippen LogP contribution in [0.2, 0.25) is 0 Å². The summed E-state index contributed by atoms with van der Waals surface area (Å²) in [6, 6.07) is 1.73. The summed E-state index contributed by atoms with van der Waals surface area (Å²) in [4.78, 5) is 9.62. The third-order valence-electron chi connectivity index (χ3n) is 2.40. The number of nitro benzene ring substituents is 1. The third kappa shape index (κ3) is 2.33. The van der Waals surface area contributed by atoms with E-state index in [2.05, 4.69) is 0 Å². The average Bonchev–Trinajstić information content (AvgIpc) is 2.17. The topological polar surface area (TPSA) is 69.2 Å². The van der Waals surface area contributed by atoms with E-state index in [1.807, 2.05) is 0 Å². The number of hydrogen-bond acceptors (Lipinski definition) is 3. The lowest BCUT2D eigenvalue weighted by Gasteiger charge is -2.12. The van der Waals surface area contributed by atoms with Crippen molar-refractivity contribution in [1.82, 2.24) is 0 Å². The Morgan fingerprint density at radius 3 is 2.62 bits per heavy atom. The summed E-state index contributed by atoms with van der Waals surface area (Å²) >= 11 is 0. The van der Waals surface area contributed by atoms with Gasteiger partial charge in [0.05, 0.1) is 4.92 Å². The molecule has 0 saturated carbocycles. The molecule has 1 rings (SSSR count). The number of halogens is 2. The molecule has 0 aliphatic carbocycles. The molecule has 0 bridgehead atoms. The van der Waals surface area contributed by atoms with Crippen LogP contribution in [-0.4, -0.2) is 11.5 Å². The second-order valence-corrected chi connectivity index (χ2v) is 3.53. The van der Waals surface area contributed by atoms with Gasteiger partial charge in [-0.2, -0.15) is 4.39 Å². The zero-order valence-corrected chi connectivity index (χ0v) is 8.74. The minimum absolute atomic E-state index is 0.264. The zero-order valence-electron chi connectivity index (χ0n) is 8.74. The van der Waals surface area contributed by atoms with Gasteiger partial charge >= 0.3 is 5.69 Å². The first-order valence-electron chi connectivity index (χ1n) is 4.81. The summed E-state index contributed by atoms with van der Waals surface area (Å²) in [5.41, 5.74) is 4.31. The van der Waals surface area contributed by atoms with Crippen molar-refractivity contribution in [3.8, 4) is 0 Å². The highest BCUT2D eigenvalue weighted by atomic mass is 19.1. The smallest absolute Gasteiger partial charge is 0.305 e. The molecular weight excluding hydrogens is 218 g/mol. The van der Waals surface area contributed by atoms with E-state index in [0.717, 1.165) is 12.1 Å². The maximum atomic E-state index is 13.6. The van der Waals surface area contributed by atoms with Crippen molar-refractivity contribution in [3.63, 3.8) is 0 Å². The van der Waals surface area contributed by atoms with Gasteiger partial charge in [-0.15, -0.1) is 0 Å². The molecule has 6 heteroatoms. The van der Waals surface area contributed by atoms with Crippen molar-refractivity contribution in [2.45, 2.75) is 19.3 Å². The first-order valence-corrected chi connectivity index (χ1v) is 4.81. The Balaban J connectivity index is 3.26. The Hall–Kier alpha value is -1.56. The van der Waals surface area contributed by atoms with Crippen LogP contribution >= 0.6 is 0 Å². The van der Waals surface area contributed by atoms with Crippen LogP contribution in [0.3, 0.4) is 0 Å². The van der Waals surface area contributed by atoms with Crippen molar-refractivity contribution in [2.24, 2.45) is 5.73 Å². The Labute approximate surface area is 91.2 Å². The maximum Gasteiger partial charge on any atom is 0.305 e. The molecule has 4 nitrogen and oxygen atoms in total. The van der Waals surface area contributed by atoms with Crippen LogP contribution in [0, 0.1) is 21.7 Å². The molecule has 0 aliphatic rings. The van der Waals surface area contributed by atoms with Gasteiger partial charge in [-0.05, 0) is 24.9 Å². The molecule has 1 unspecified atom stereocenters. The fourth-order valence-electron chi connectivity index (χ4n) is 1.54. The van der Waals surface area contributed by atoms with Crippen molar-refractivity contribution in [3.05, 3.63) is 39.4 Å². The molecule has 1 atom stereocenters. The standard InChI is InChI=1S/C10H12F2N2O2/c1-6(4-5-13)9-7(11)2-3-8(10(9)12)14(15)16/h2-3,6H,4-5,13H2,1H3. The number of nitro groups is 1. The molecule has 1 aromatic rings. The monoisotopic (exact) mass is 230 g/mol. The summed E-state index contributed by atoms with van der Waals surface area (Å²) in [5, 5.41) is 10.5. The van der Waals surface area contributed by atoms with Gasteiger partial charge in [0.1, 0.15) is 5.82 Å². The van der Waals surface area contributed by atoms with Crippen molar-refractivity contribution in [1.29, 1.82) is 0 Å². The number of nitrogens with two attached hydrogens (primary N) is 1. The summed E-state index contributed by atoms with van der Waals surface area (Å²) in [6.07, 6.45) is 0.370. The lowest BCUT2D eigenvalue weighted by molar-refractivity contribution is -0.387. The molecule has 0 spiro atoms. The zero-order chi connectivity index (χ0) is 12.3. The highest BCUT2D eigenvalue weighted by molar-refractivity contribution is 5.39. The van der Waals surface area contributed by atoms with Crippen LogP contribution in [0.1, 0.15) is 24.8 Å². The minimum Gasteiger partial charge on any atom is -0.330 e. The predicted octanol–water partition coefficient (Wildman–Crippen LogP) is 2.33. The van der Waals surface area contributed by atoms with E-state index in [1.54, 1.807) is 6.92 Å². The number of benzene rings is 1. The number of hydrogen-bond donors (Lipinski definition) is 1. The van der Waals surface area contributed by atoms with Gasteiger partial charge in [0.25, 0.3) is 0 Å². The molecule has 0 heterocycles. The third-order valence-corrected chi connectivity index (χ3v) is 2.40. The van der Waals surface area contributed by atoms with E-state index in [4.69, 9.17) is 5.73 Å². The van der Waals surface area contributed by atoms with Crippen molar-refractivity contribution >= 4 is 5.69 Å². The molecule has 0 fully saturated rings. The molecule has 0 saturated heterocycles. The number of rotatable bonds is 4. The molecule has 1 aromatic carbocycles. The first-order chi connectivity index (χ1) is 7.49. The fraction of sp³-hybridized carbons (Fsp3) is 0.400. The molecule has 0 aliphatic heterocycles. The minimum atomic E-state index is -1.11. The van der Waals surface area contributed by atoms with Gasteiger partial charge in [0, 0.05) is 11.6 Å². The molecular formula is C10H12F2N2O2. The van der Waals surface area contributed by atoms with E-state index >= 15 is 0 Å². The van der Waals surface area contributed by atoms with Gasteiger partial charge in [-0.3, -0.25) is 10.1 Å². The van der Waals surface area contributed by atoms with Crippen LogP contribution in [0.4, 0.5) is 14.5 Å². The molecule has 0 aromatic heterocycles. The van der Waals surface area contributed by atoms with Gasteiger partial charge in [-0.25, -0.2) is 4.39 Å². The normalized spacial score (nSPS) is 12.5. The lowest BCUT2D eigenvalue weighted by atomic mass is 9.96. The van der Waals surface area contributed by atoms with E-state index in [9.17, 15) is 18.9 Å². The van der Waals surface area contributed by atoms with E-state index in [-0.39, 0.29) is 12.1 Å². The van der Waals surface area contributed by atoms with Gasteiger partial charge in [0.2, 0.25) is 5.82 Å². The summed E-state index contributed by atoms with van der Waals surface area (Å²) in [6.45, 7) is 1.85. The van der Waals surface area contributed by atoms with Crippen LogP contribution in [0.25, 0.3) is 0 Å². The fourth-order valence-corrected chi connectivity index (χ4v) is 1.54. The molecule has 88 valence electrons. The quantitative estimate of drug-likeness (QED) is 0.637. The highest BCUT2D eigenvalue weighted by Crippen LogP contribution is 2.30. The Morgan fingerprint density at radius 1 is 1.50 bits per heavy atom. The summed E-state index contributed by atoms with van der Waals surface area (Å²) in [5.74, 6) is -2.36. The second-order valence-electron chi connectivity index (χ2n) is 3.53. The maximum absolute atomic E-state index is 13.6. The average molecular weight is 230 g/mol. The summed E-state index contributed by atoms with van der Waals surface area (Å²) in [7, 11) is 0. The molecule has 0 radical (unpaired) electrons. The van der Waals surface area contributed by atoms with Crippen molar-refractivity contribution in [2.75, 3.05) is 6.54 Å². The number of nitrogens with zero attached hydrogens (tertiary/aromatic N) is 1. The summed E-state index contributed by atoms with van der Waals surface area (Å²) < 4.78 is 27.0. The highest BCUT2D eigenvalue weighted by Gasteiger charge is 2.24. The van der Waals surface area contributed by atoms with Crippen molar-refractivity contribution < 1.29 is 13.7 Å². The molecule has 2 N–H and O–H groups in total. The largest absolute Gasteiger partial charge is 0.330 e. The van der Waals surface area contributed by atoms with Crippen LogP contribution in [-0.2, 0) is 0 Å². The van der Waals surface area contributed by atoms with Crippen LogP contribution in [0.15, 0.2) is 12.1 Å². The second kappa shape index (κ2) is 4.98. The molecule has 16 heavy (non-hydrogen) atoms. The SMILES string of the molecule is CC(CCN)c1c(F)ccc([N+](=O)[O-])c1F. The van der Waals surface area contributed by atoms with Gasteiger partial charge in [-0.1, -0.05) is 6.92 Å². The van der Waals surface area contributed by atoms with Gasteiger partial charge in [0.15, 0.2) is 0 Å². The van der Waals surface area contributed by atoms with Crippen LogP contribution in [0.5, 0.6) is 0 Å². The Kier molecular flexibility index (Phi) is 3.89. The Morgan fingerprint density at radius 2 is 2.12 bits per heavy atom. The van der Waals surface area contributed by atoms with Crippen LogP contribution < -0.4 is 5.73 Å². The van der Waals surface area contributed by atoms with E-state index in [0.29, 0.717) is 6.42 Å². The first kappa shape index (κ1) is 12.5. The lowest BCUT2D eigenvalue weighted by Crippen LogP contribution is -2.09. The Bertz CT molecular complexity index is 410.